The molecule has 0 unspecified atom stereocenters. The number of hydrogen-bond acceptors (Lipinski definition) is 3. The van der Waals surface area contributed by atoms with Crippen molar-refractivity contribution in [3.8, 4) is 0 Å². The Labute approximate surface area is 180 Å². The topological polar surface area (TPSA) is 38.3 Å². The van der Waals surface area contributed by atoms with E-state index in [2.05, 4.69) is 73.8 Å². The number of aryl methyl sites for hydroxylation is 1. The maximum atomic E-state index is 13.3. The molecule has 0 amide bonds. The average molecular weight is 404 g/mol. The highest BCUT2D eigenvalue weighted by Gasteiger charge is 2.67. The van der Waals surface area contributed by atoms with Crippen LogP contribution in [0.15, 0.2) is 54.6 Å². The van der Waals surface area contributed by atoms with Gasteiger partial charge < -0.3 is 10.1 Å². The number of benzene rings is 2. The fourth-order valence-corrected chi connectivity index (χ4v) is 6.51. The van der Waals surface area contributed by atoms with Crippen LogP contribution in [0.3, 0.4) is 0 Å². The first-order valence-corrected chi connectivity index (χ1v) is 11.5. The smallest absolute Gasteiger partial charge is 0.139 e. The van der Waals surface area contributed by atoms with Gasteiger partial charge in [-0.2, -0.15) is 0 Å². The minimum absolute atomic E-state index is 0.197. The molecule has 5 rings (SSSR count). The van der Waals surface area contributed by atoms with Crippen molar-refractivity contribution in [2.24, 2.45) is 5.41 Å². The second-order valence-corrected chi connectivity index (χ2v) is 10.2. The van der Waals surface area contributed by atoms with Gasteiger partial charge in [-0.1, -0.05) is 68.4 Å². The summed E-state index contributed by atoms with van der Waals surface area (Å²) in [7, 11) is 0. The van der Waals surface area contributed by atoms with Gasteiger partial charge in [-0.3, -0.25) is 4.79 Å². The number of rotatable bonds is 5. The van der Waals surface area contributed by atoms with E-state index in [1.165, 1.54) is 16.7 Å². The molecule has 1 aliphatic heterocycles. The summed E-state index contributed by atoms with van der Waals surface area (Å²) in [6, 6.07) is 19.7. The number of carbonyl (C=O) groups is 1. The average Bonchev–Trinajstić information content (AvgIpc) is 2.73. The van der Waals surface area contributed by atoms with Crippen LogP contribution in [0.2, 0.25) is 0 Å². The highest BCUT2D eigenvalue weighted by Crippen LogP contribution is 2.60. The molecule has 1 heterocycles. The van der Waals surface area contributed by atoms with E-state index in [1.54, 1.807) is 0 Å². The molecule has 0 aromatic heterocycles. The van der Waals surface area contributed by atoms with Crippen LogP contribution in [0.25, 0.3) is 0 Å². The van der Waals surface area contributed by atoms with Crippen molar-refractivity contribution < 1.29 is 9.53 Å². The highest BCUT2D eigenvalue weighted by molar-refractivity contribution is 5.87. The summed E-state index contributed by atoms with van der Waals surface area (Å²) in [4.78, 5) is 13.3. The van der Waals surface area contributed by atoms with Gasteiger partial charge in [-0.25, -0.2) is 0 Å². The molecule has 2 fully saturated rings. The van der Waals surface area contributed by atoms with E-state index in [0.717, 1.165) is 45.3 Å². The third-order valence-corrected chi connectivity index (χ3v) is 8.01. The van der Waals surface area contributed by atoms with Crippen LogP contribution in [0.4, 0.5) is 0 Å². The Balaban J connectivity index is 1.48. The molecule has 3 nitrogen and oxygen atoms in total. The van der Waals surface area contributed by atoms with Crippen LogP contribution >= 0.6 is 0 Å². The first-order valence-electron chi connectivity index (χ1n) is 11.5. The van der Waals surface area contributed by atoms with Gasteiger partial charge in [0, 0.05) is 29.9 Å². The van der Waals surface area contributed by atoms with Gasteiger partial charge >= 0.3 is 0 Å². The van der Waals surface area contributed by atoms with Crippen molar-refractivity contribution in [3.63, 3.8) is 0 Å². The summed E-state index contributed by atoms with van der Waals surface area (Å²) in [5.41, 5.74) is 3.28. The third-order valence-electron chi connectivity index (χ3n) is 8.01. The molecule has 1 saturated heterocycles. The van der Waals surface area contributed by atoms with Crippen molar-refractivity contribution in [1.82, 2.24) is 5.32 Å². The number of carbonyl (C=O) groups excluding carboxylic acids is 1. The molecule has 0 spiro atoms. The molecule has 1 N–H and O–H groups in total. The fraction of sp³-hybridized carbons (Fsp3) is 0.519. The van der Waals surface area contributed by atoms with Crippen molar-refractivity contribution in [2.45, 2.75) is 69.4 Å². The molecule has 3 aliphatic rings. The SMILES string of the molecule is CC1(C)C[C@@]2(OCCCc3ccccc3)[C@H]3Cc4ccccc4[C@@]2(CCN3)CC1=O. The minimum Gasteiger partial charge on any atom is -0.372 e. The van der Waals surface area contributed by atoms with Crippen LogP contribution < -0.4 is 5.32 Å². The fourth-order valence-electron chi connectivity index (χ4n) is 6.51. The summed E-state index contributed by atoms with van der Waals surface area (Å²) in [6.45, 7) is 5.93. The number of ether oxygens (including phenoxy) is 1. The molecular formula is C27H33NO2. The summed E-state index contributed by atoms with van der Waals surface area (Å²) < 4.78 is 6.98. The van der Waals surface area contributed by atoms with Gasteiger partial charge in [0.05, 0.1) is 5.60 Å². The molecule has 2 bridgehead atoms. The van der Waals surface area contributed by atoms with Gasteiger partial charge in [0.15, 0.2) is 0 Å². The maximum absolute atomic E-state index is 13.3. The molecule has 3 heteroatoms. The lowest BCUT2D eigenvalue weighted by atomic mass is 9.46. The summed E-state index contributed by atoms with van der Waals surface area (Å²) in [5.74, 6) is 0.392. The Hall–Kier alpha value is -1.97. The second kappa shape index (κ2) is 7.32. The van der Waals surface area contributed by atoms with Crippen LogP contribution in [-0.4, -0.2) is 30.6 Å². The van der Waals surface area contributed by atoms with Gasteiger partial charge in [-0.05, 0) is 55.3 Å². The molecule has 2 aliphatic carbocycles. The molecule has 30 heavy (non-hydrogen) atoms. The minimum atomic E-state index is -0.341. The van der Waals surface area contributed by atoms with Crippen molar-refractivity contribution in [1.29, 1.82) is 0 Å². The van der Waals surface area contributed by atoms with Gasteiger partial charge in [-0.15, -0.1) is 0 Å². The lowest BCUT2D eigenvalue weighted by Crippen LogP contribution is -2.75. The zero-order valence-corrected chi connectivity index (χ0v) is 18.2. The lowest BCUT2D eigenvalue weighted by Gasteiger charge is -2.65. The molecule has 2 aromatic rings. The Morgan fingerprint density at radius 3 is 2.67 bits per heavy atom. The van der Waals surface area contributed by atoms with Crippen LogP contribution in [0.1, 0.15) is 56.2 Å². The van der Waals surface area contributed by atoms with Crippen molar-refractivity contribution >= 4 is 5.78 Å². The number of Topliss-reactive ketones (excluding diaryl/α,β-unsaturated/α-hetero) is 1. The van der Waals surface area contributed by atoms with E-state index < -0.39 is 0 Å². The quantitative estimate of drug-likeness (QED) is 0.741. The van der Waals surface area contributed by atoms with Gasteiger partial charge in [0.2, 0.25) is 0 Å². The van der Waals surface area contributed by atoms with E-state index >= 15 is 0 Å². The van der Waals surface area contributed by atoms with Crippen molar-refractivity contribution in [3.05, 3.63) is 71.3 Å². The Morgan fingerprint density at radius 1 is 1.07 bits per heavy atom. The van der Waals surface area contributed by atoms with Gasteiger partial charge in [0.1, 0.15) is 5.78 Å². The number of nitrogens with one attached hydrogen (secondary N) is 1. The second-order valence-electron chi connectivity index (χ2n) is 10.2. The number of piperidine rings is 1. The Bertz CT molecular complexity index is 937. The largest absolute Gasteiger partial charge is 0.372 e. The van der Waals surface area contributed by atoms with Gasteiger partial charge in [0.25, 0.3) is 0 Å². The van der Waals surface area contributed by atoms with Crippen LogP contribution in [0, 0.1) is 5.41 Å². The number of ketones is 1. The third kappa shape index (κ3) is 2.98. The van der Waals surface area contributed by atoms with E-state index in [-0.39, 0.29) is 22.5 Å². The van der Waals surface area contributed by atoms with Crippen molar-refractivity contribution in [2.75, 3.05) is 13.2 Å². The number of fused-ring (bicyclic) bond motifs is 1. The summed E-state index contributed by atoms with van der Waals surface area (Å²) in [6.07, 6.45) is 5.40. The van der Waals surface area contributed by atoms with E-state index in [0.29, 0.717) is 12.2 Å². The van der Waals surface area contributed by atoms with E-state index in [9.17, 15) is 4.79 Å². The normalized spacial score (nSPS) is 31.7. The first-order chi connectivity index (χ1) is 14.5. The predicted molar refractivity (Wildman–Crippen MR) is 120 cm³/mol. The highest BCUT2D eigenvalue weighted by atomic mass is 16.5. The lowest BCUT2D eigenvalue weighted by molar-refractivity contribution is -0.192. The Kier molecular flexibility index (Phi) is 4.87. The molecule has 3 atom stereocenters. The van der Waals surface area contributed by atoms with Crippen LogP contribution in [0.5, 0.6) is 0 Å². The summed E-state index contributed by atoms with van der Waals surface area (Å²) in [5, 5.41) is 3.80. The zero-order chi connectivity index (χ0) is 20.8. The molecule has 2 aromatic carbocycles. The van der Waals surface area contributed by atoms with Crippen LogP contribution in [-0.2, 0) is 27.8 Å². The molecule has 158 valence electrons. The Morgan fingerprint density at radius 2 is 1.83 bits per heavy atom. The molecule has 0 radical (unpaired) electrons. The van der Waals surface area contributed by atoms with E-state index in [4.69, 9.17) is 4.74 Å². The van der Waals surface area contributed by atoms with E-state index in [1.807, 2.05) is 0 Å². The molecular weight excluding hydrogens is 370 g/mol. The first kappa shape index (κ1) is 20.0. The standard InChI is InChI=1S/C27H33NO2/c1-25(2)19-27(30-16-8-11-20-9-4-3-5-10-20)23-17-21-12-6-7-13-22(21)26(27,14-15-28-23)18-24(25)29/h3-7,9-10,12-13,23,28H,8,11,14-19H2,1-2H3/t23-,26-,27-/m1/s1. The zero-order valence-electron chi connectivity index (χ0n) is 18.2. The molecule has 1 saturated carbocycles. The number of hydrogen-bond donors (Lipinski definition) is 1. The summed E-state index contributed by atoms with van der Waals surface area (Å²) >= 11 is 0. The monoisotopic (exact) mass is 403 g/mol. The maximum Gasteiger partial charge on any atom is 0.139 e. The predicted octanol–water partition coefficient (Wildman–Crippen LogP) is 4.62.